The Morgan fingerprint density at radius 2 is 1.73 bits per heavy atom. The van der Waals surface area contributed by atoms with Gasteiger partial charge in [0.2, 0.25) is 0 Å². The van der Waals surface area contributed by atoms with Crippen LogP contribution in [0.4, 0.5) is 17.6 Å². The van der Waals surface area contributed by atoms with Crippen molar-refractivity contribution in [2.45, 2.75) is 10.4 Å². The minimum absolute atomic E-state index is 0.340. The molecule has 0 spiro atoms. The average molecular weight is 307 g/mol. The molecular weight excluding hydrogens is 304 g/mol. The van der Waals surface area contributed by atoms with Gasteiger partial charge >= 0.3 is 5.51 Å². The summed E-state index contributed by atoms with van der Waals surface area (Å²) >= 11 is 2.60. The fourth-order valence-electron chi connectivity index (χ4n) is 0.778. The Bertz CT molecular complexity index is 480. The van der Waals surface area contributed by atoms with Crippen LogP contribution in [0.25, 0.3) is 0 Å². The van der Waals surface area contributed by atoms with E-state index in [2.05, 4.69) is 15.9 Å². The lowest BCUT2D eigenvalue weighted by Crippen LogP contribution is -2.23. The highest BCUT2D eigenvalue weighted by molar-refractivity contribution is 9.10. The van der Waals surface area contributed by atoms with E-state index in [0.29, 0.717) is 18.2 Å². The first-order valence-corrected chi connectivity index (χ1v) is 5.70. The number of rotatable bonds is 1. The molecule has 0 saturated carbocycles. The number of sulfone groups is 1. The Morgan fingerprint density at radius 1 is 1.20 bits per heavy atom. The summed E-state index contributed by atoms with van der Waals surface area (Å²) in [4.78, 5) is -0.997. The molecule has 1 rings (SSSR count). The highest BCUT2D eigenvalue weighted by Crippen LogP contribution is 2.31. The molecule has 84 valence electrons. The Balaban J connectivity index is 3.36. The van der Waals surface area contributed by atoms with E-state index in [0.717, 1.165) is 0 Å². The first-order chi connectivity index (χ1) is 6.66. The second-order valence-electron chi connectivity index (χ2n) is 2.53. The first-order valence-electron chi connectivity index (χ1n) is 3.42. The summed E-state index contributed by atoms with van der Waals surface area (Å²) in [5, 5.41) is 0. The zero-order chi connectivity index (χ0) is 11.9. The predicted octanol–water partition coefficient (Wildman–Crippen LogP) is 2.88. The van der Waals surface area contributed by atoms with Crippen molar-refractivity contribution in [1.29, 1.82) is 0 Å². The molecule has 0 unspecified atom stereocenters. The summed E-state index contributed by atoms with van der Waals surface area (Å²) in [5.74, 6) is -0.837. The lowest BCUT2D eigenvalue weighted by molar-refractivity contribution is -0.0436. The van der Waals surface area contributed by atoms with Crippen LogP contribution in [0.15, 0.2) is 27.6 Å². The number of alkyl halides is 3. The third kappa shape index (κ3) is 2.31. The van der Waals surface area contributed by atoms with Crippen LogP contribution in [0, 0.1) is 5.82 Å². The van der Waals surface area contributed by atoms with Gasteiger partial charge in [0.15, 0.2) is 0 Å². The third-order valence-corrected chi connectivity index (χ3v) is 3.60. The van der Waals surface area contributed by atoms with Gasteiger partial charge in [-0.2, -0.15) is 13.2 Å². The second kappa shape index (κ2) is 3.75. The molecule has 0 atom stereocenters. The van der Waals surface area contributed by atoms with Crippen molar-refractivity contribution < 1.29 is 26.0 Å². The van der Waals surface area contributed by atoms with Crippen LogP contribution in [-0.4, -0.2) is 13.9 Å². The topological polar surface area (TPSA) is 34.1 Å². The fraction of sp³-hybridized carbons (Fsp3) is 0.143. The second-order valence-corrected chi connectivity index (χ2v) is 5.32. The Kier molecular flexibility index (Phi) is 3.11. The highest BCUT2D eigenvalue weighted by atomic mass is 79.9. The quantitative estimate of drug-likeness (QED) is 0.590. The fourth-order valence-corrected chi connectivity index (χ4v) is 2.10. The largest absolute Gasteiger partial charge is 0.501 e. The summed E-state index contributed by atoms with van der Waals surface area (Å²) < 4.78 is 70.2. The molecule has 0 saturated heterocycles. The molecule has 2 nitrogen and oxygen atoms in total. The molecule has 1 aromatic carbocycles. The van der Waals surface area contributed by atoms with Crippen molar-refractivity contribution in [3.8, 4) is 0 Å². The molecule has 0 aliphatic carbocycles. The number of halogens is 5. The van der Waals surface area contributed by atoms with Gasteiger partial charge in [0.1, 0.15) is 5.82 Å². The lowest BCUT2D eigenvalue weighted by Gasteiger charge is -2.08. The predicted molar refractivity (Wildman–Crippen MR) is 47.3 cm³/mol. The molecule has 1 aromatic rings. The first kappa shape index (κ1) is 12.4. The van der Waals surface area contributed by atoms with E-state index in [-0.39, 0.29) is 4.47 Å². The molecule has 0 radical (unpaired) electrons. The lowest BCUT2D eigenvalue weighted by atomic mass is 10.3. The zero-order valence-electron chi connectivity index (χ0n) is 6.85. The van der Waals surface area contributed by atoms with Gasteiger partial charge in [0.25, 0.3) is 9.84 Å². The van der Waals surface area contributed by atoms with Gasteiger partial charge in [0, 0.05) is 0 Å². The van der Waals surface area contributed by atoms with Crippen LogP contribution in [-0.2, 0) is 9.84 Å². The Labute approximate surface area is 91.0 Å². The summed E-state index contributed by atoms with van der Waals surface area (Å²) in [7, 11) is -5.41. The maximum atomic E-state index is 12.7. The van der Waals surface area contributed by atoms with Crippen molar-refractivity contribution in [2.24, 2.45) is 0 Å². The number of benzene rings is 1. The summed E-state index contributed by atoms with van der Waals surface area (Å²) in [6.45, 7) is 0. The molecule has 0 aromatic heterocycles. The van der Waals surface area contributed by atoms with E-state index >= 15 is 0 Å². The molecule has 0 N–H and O–H groups in total. The van der Waals surface area contributed by atoms with Crippen LogP contribution in [0.2, 0.25) is 0 Å². The van der Waals surface area contributed by atoms with Crippen LogP contribution in [0.3, 0.4) is 0 Å². The maximum Gasteiger partial charge on any atom is 0.501 e. The monoisotopic (exact) mass is 306 g/mol. The molecule has 8 heteroatoms. The molecular formula is C7H3BrF4O2S. The van der Waals surface area contributed by atoms with Crippen molar-refractivity contribution in [3.05, 3.63) is 28.5 Å². The summed E-state index contributed by atoms with van der Waals surface area (Å²) in [5.41, 5.74) is -5.38. The van der Waals surface area contributed by atoms with Crippen LogP contribution in [0.5, 0.6) is 0 Å². The normalized spacial score (nSPS) is 12.9. The third-order valence-electron chi connectivity index (χ3n) is 1.51. The van der Waals surface area contributed by atoms with E-state index in [1.54, 1.807) is 0 Å². The minimum Gasteiger partial charge on any atom is -0.214 e. The summed E-state index contributed by atoms with van der Waals surface area (Å²) in [6.07, 6.45) is 0. The molecule has 0 aliphatic heterocycles. The van der Waals surface area contributed by atoms with Gasteiger partial charge in [-0.1, -0.05) is 0 Å². The molecule has 0 heterocycles. The smallest absolute Gasteiger partial charge is 0.214 e. The SMILES string of the molecule is O=S(=O)(c1ccc(F)c(Br)c1)C(F)(F)F. The molecule has 0 amide bonds. The van der Waals surface area contributed by atoms with Gasteiger partial charge in [-0.05, 0) is 34.1 Å². The average Bonchev–Trinajstić information content (AvgIpc) is 2.07. The van der Waals surface area contributed by atoms with Gasteiger partial charge < -0.3 is 0 Å². The number of hydrogen-bond donors (Lipinski definition) is 0. The number of hydrogen-bond acceptors (Lipinski definition) is 2. The van der Waals surface area contributed by atoms with Gasteiger partial charge in [-0.25, -0.2) is 12.8 Å². The van der Waals surface area contributed by atoms with Crippen molar-refractivity contribution in [1.82, 2.24) is 0 Å². The molecule has 0 aliphatic rings. The Hall–Kier alpha value is -0.630. The highest BCUT2D eigenvalue weighted by Gasteiger charge is 2.46. The summed E-state index contributed by atoms with van der Waals surface area (Å²) in [6, 6.07) is 1.77. The molecule has 15 heavy (non-hydrogen) atoms. The van der Waals surface area contributed by atoms with E-state index in [1.807, 2.05) is 0 Å². The van der Waals surface area contributed by atoms with E-state index in [1.165, 1.54) is 0 Å². The van der Waals surface area contributed by atoms with Crippen LogP contribution >= 0.6 is 15.9 Å². The van der Waals surface area contributed by atoms with Crippen LogP contribution in [0.1, 0.15) is 0 Å². The standard InChI is InChI=1S/C7H3BrF4O2S/c8-5-3-4(1-2-6(5)9)15(13,14)7(10,11)12/h1-3H. The molecule has 0 bridgehead atoms. The van der Waals surface area contributed by atoms with E-state index in [4.69, 9.17) is 0 Å². The van der Waals surface area contributed by atoms with Gasteiger partial charge in [-0.3, -0.25) is 0 Å². The van der Waals surface area contributed by atoms with Crippen LogP contribution < -0.4 is 0 Å². The molecule has 0 fully saturated rings. The van der Waals surface area contributed by atoms with E-state index in [9.17, 15) is 26.0 Å². The maximum absolute atomic E-state index is 12.7. The zero-order valence-corrected chi connectivity index (χ0v) is 9.25. The van der Waals surface area contributed by atoms with Crippen molar-refractivity contribution in [3.63, 3.8) is 0 Å². The van der Waals surface area contributed by atoms with Gasteiger partial charge in [-0.15, -0.1) is 0 Å². The van der Waals surface area contributed by atoms with Crippen molar-refractivity contribution in [2.75, 3.05) is 0 Å². The van der Waals surface area contributed by atoms with Gasteiger partial charge in [0.05, 0.1) is 9.37 Å². The minimum atomic E-state index is -5.41. The van der Waals surface area contributed by atoms with E-state index < -0.39 is 26.1 Å². The van der Waals surface area contributed by atoms with Crippen molar-refractivity contribution >= 4 is 25.8 Å². The Morgan fingerprint density at radius 3 is 2.13 bits per heavy atom.